The SMILES string of the molecule is COc1cc(-c2ccoc2)ccc1C. The molecule has 2 aromatic rings. The van der Waals surface area contributed by atoms with Gasteiger partial charge in [0.25, 0.3) is 0 Å². The van der Waals surface area contributed by atoms with Crippen LogP contribution in [0.15, 0.2) is 41.2 Å². The summed E-state index contributed by atoms with van der Waals surface area (Å²) < 4.78 is 10.3. The molecule has 0 aliphatic carbocycles. The molecule has 0 saturated heterocycles. The van der Waals surface area contributed by atoms with Crippen LogP contribution < -0.4 is 4.74 Å². The fourth-order valence-electron chi connectivity index (χ4n) is 1.43. The molecule has 2 rings (SSSR count). The van der Waals surface area contributed by atoms with Crippen molar-refractivity contribution in [3.8, 4) is 16.9 Å². The van der Waals surface area contributed by atoms with E-state index in [4.69, 9.17) is 9.15 Å². The summed E-state index contributed by atoms with van der Waals surface area (Å²) in [6.07, 6.45) is 3.39. The van der Waals surface area contributed by atoms with Gasteiger partial charge in [0.15, 0.2) is 0 Å². The molecular weight excluding hydrogens is 176 g/mol. The van der Waals surface area contributed by atoms with E-state index in [0.717, 1.165) is 22.4 Å². The highest BCUT2D eigenvalue weighted by atomic mass is 16.5. The van der Waals surface area contributed by atoms with Gasteiger partial charge >= 0.3 is 0 Å². The first kappa shape index (κ1) is 8.88. The molecular formula is C12H12O2. The molecule has 0 spiro atoms. The molecule has 1 aromatic carbocycles. The van der Waals surface area contributed by atoms with Crippen molar-refractivity contribution in [2.45, 2.75) is 6.92 Å². The molecule has 0 aliphatic rings. The Morgan fingerprint density at radius 1 is 1.14 bits per heavy atom. The molecule has 1 heterocycles. The maximum absolute atomic E-state index is 5.25. The second-order valence-corrected chi connectivity index (χ2v) is 3.20. The molecule has 0 bridgehead atoms. The Balaban J connectivity index is 2.46. The molecule has 2 nitrogen and oxygen atoms in total. The fourth-order valence-corrected chi connectivity index (χ4v) is 1.43. The third-order valence-electron chi connectivity index (χ3n) is 2.26. The number of ether oxygens (including phenoxy) is 1. The van der Waals surface area contributed by atoms with E-state index in [2.05, 4.69) is 6.07 Å². The molecule has 2 heteroatoms. The molecule has 1 aromatic heterocycles. The molecule has 0 unspecified atom stereocenters. The number of aryl methyl sites for hydroxylation is 1. The average molecular weight is 188 g/mol. The highest BCUT2D eigenvalue weighted by molar-refractivity contribution is 5.64. The summed E-state index contributed by atoms with van der Waals surface area (Å²) in [6, 6.07) is 8.05. The zero-order valence-corrected chi connectivity index (χ0v) is 8.28. The second kappa shape index (κ2) is 3.58. The van der Waals surface area contributed by atoms with Crippen molar-refractivity contribution in [2.24, 2.45) is 0 Å². The zero-order chi connectivity index (χ0) is 9.97. The Labute approximate surface area is 83.1 Å². The molecule has 14 heavy (non-hydrogen) atoms. The van der Waals surface area contributed by atoms with Crippen LogP contribution in [0.4, 0.5) is 0 Å². The number of hydrogen-bond acceptors (Lipinski definition) is 2. The van der Waals surface area contributed by atoms with Gasteiger partial charge in [0.05, 0.1) is 19.6 Å². The highest BCUT2D eigenvalue weighted by Crippen LogP contribution is 2.26. The van der Waals surface area contributed by atoms with E-state index in [-0.39, 0.29) is 0 Å². The predicted molar refractivity (Wildman–Crippen MR) is 55.4 cm³/mol. The lowest BCUT2D eigenvalue weighted by Crippen LogP contribution is -1.87. The van der Waals surface area contributed by atoms with Gasteiger partial charge in [-0.05, 0) is 30.2 Å². The van der Waals surface area contributed by atoms with Gasteiger partial charge in [0, 0.05) is 5.56 Å². The minimum Gasteiger partial charge on any atom is -0.496 e. The van der Waals surface area contributed by atoms with Crippen LogP contribution in [-0.2, 0) is 0 Å². The molecule has 0 radical (unpaired) electrons. The second-order valence-electron chi connectivity index (χ2n) is 3.20. The third-order valence-corrected chi connectivity index (χ3v) is 2.26. The highest BCUT2D eigenvalue weighted by Gasteiger charge is 2.02. The number of furan rings is 1. The van der Waals surface area contributed by atoms with Crippen molar-refractivity contribution in [3.05, 3.63) is 42.4 Å². The molecule has 0 aliphatic heterocycles. The van der Waals surface area contributed by atoms with Crippen molar-refractivity contribution < 1.29 is 9.15 Å². The van der Waals surface area contributed by atoms with E-state index in [1.54, 1.807) is 19.6 Å². The topological polar surface area (TPSA) is 22.4 Å². The minimum absolute atomic E-state index is 0.906. The summed E-state index contributed by atoms with van der Waals surface area (Å²) in [5.74, 6) is 0.906. The van der Waals surface area contributed by atoms with Crippen molar-refractivity contribution >= 4 is 0 Å². The van der Waals surface area contributed by atoms with Crippen molar-refractivity contribution in [2.75, 3.05) is 7.11 Å². The van der Waals surface area contributed by atoms with Gasteiger partial charge < -0.3 is 9.15 Å². The first-order chi connectivity index (χ1) is 6.81. The van der Waals surface area contributed by atoms with Crippen LogP contribution in [0.2, 0.25) is 0 Å². The molecule has 0 fully saturated rings. The van der Waals surface area contributed by atoms with E-state index in [1.807, 2.05) is 25.1 Å². The van der Waals surface area contributed by atoms with Crippen molar-refractivity contribution in [3.63, 3.8) is 0 Å². The summed E-state index contributed by atoms with van der Waals surface area (Å²) in [7, 11) is 1.68. The monoisotopic (exact) mass is 188 g/mol. The molecule has 0 atom stereocenters. The first-order valence-corrected chi connectivity index (χ1v) is 4.48. The summed E-state index contributed by atoms with van der Waals surface area (Å²) in [5, 5.41) is 0. The van der Waals surface area contributed by atoms with E-state index in [9.17, 15) is 0 Å². The number of methoxy groups -OCH3 is 1. The van der Waals surface area contributed by atoms with Gasteiger partial charge in [-0.3, -0.25) is 0 Å². The number of hydrogen-bond donors (Lipinski definition) is 0. The number of benzene rings is 1. The molecule has 0 saturated carbocycles. The quantitative estimate of drug-likeness (QED) is 0.721. The van der Waals surface area contributed by atoms with Crippen LogP contribution in [0.1, 0.15) is 5.56 Å². The van der Waals surface area contributed by atoms with E-state index in [0.29, 0.717) is 0 Å². The van der Waals surface area contributed by atoms with Crippen molar-refractivity contribution in [1.82, 2.24) is 0 Å². The molecule has 0 N–H and O–H groups in total. The van der Waals surface area contributed by atoms with Crippen LogP contribution in [-0.4, -0.2) is 7.11 Å². The Hall–Kier alpha value is -1.70. The van der Waals surface area contributed by atoms with Crippen LogP contribution in [0.5, 0.6) is 5.75 Å². The van der Waals surface area contributed by atoms with Gasteiger partial charge in [-0.1, -0.05) is 12.1 Å². The Morgan fingerprint density at radius 2 is 2.00 bits per heavy atom. The van der Waals surface area contributed by atoms with Crippen molar-refractivity contribution in [1.29, 1.82) is 0 Å². The normalized spacial score (nSPS) is 10.1. The fraction of sp³-hybridized carbons (Fsp3) is 0.167. The third kappa shape index (κ3) is 1.51. The predicted octanol–water partition coefficient (Wildman–Crippen LogP) is 3.26. The Bertz CT molecular complexity index is 416. The van der Waals surface area contributed by atoms with E-state index >= 15 is 0 Å². The standard InChI is InChI=1S/C12H12O2/c1-9-3-4-10(7-12(9)13-2)11-5-6-14-8-11/h3-8H,1-2H3. The van der Waals surface area contributed by atoms with E-state index in [1.165, 1.54) is 0 Å². The summed E-state index contributed by atoms with van der Waals surface area (Å²) in [6.45, 7) is 2.03. The lowest BCUT2D eigenvalue weighted by molar-refractivity contribution is 0.412. The average Bonchev–Trinajstić information content (AvgIpc) is 2.71. The summed E-state index contributed by atoms with van der Waals surface area (Å²) in [4.78, 5) is 0. The Kier molecular flexibility index (Phi) is 2.27. The molecule has 0 amide bonds. The van der Waals surface area contributed by atoms with Gasteiger partial charge in [0.2, 0.25) is 0 Å². The maximum Gasteiger partial charge on any atom is 0.122 e. The first-order valence-electron chi connectivity index (χ1n) is 4.48. The summed E-state index contributed by atoms with van der Waals surface area (Å²) in [5.41, 5.74) is 3.32. The lowest BCUT2D eigenvalue weighted by atomic mass is 10.1. The lowest BCUT2D eigenvalue weighted by Gasteiger charge is -2.05. The van der Waals surface area contributed by atoms with Gasteiger partial charge in [-0.2, -0.15) is 0 Å². The molecule has 72 valence electrons. The number of rotatable bonds is 2. The smallest absolute Gasteiger partial charge is 0.122 e. The van der Waals surface area contributed by atoms with Crippen LogP contribution in [0.3, 0.4) is 0 Å². The Morgan fingerprint density at radius 3 is 2.64 bits per heavy atom. The van der Waals surface area contributed by atoms with Crippen LogP contribution >= 0.6 is 0 Å². The maximum atomic E-state index is 5.25. The van der Waals surface area contributed by atoms with Gasteiger partial charge in [-0.25, -0.2) is 0 Å². The largest absolute Gasteiger partial charge is 0.496 e. The van der Waals surface area contributed by atoms with E-state index < -0.39 is 0 Å². The van der Waals surface area contributed by atoms with Crippen LogP contribution in [0.25, 0.3) is 11.1 Å². The minimum atomic E-state index is 0.906. The van der Waals surface area contributed by atoms with Gasteiger partial charge in [-0.15, -0.1) is 0 Å². The van der Waals surface area contributed by atoms with Gasteiger partial charge in [0.1, 0.15) is 5.75 Å². The summed E-state index contributed by atoms with van der Waals surface area (Å²) >= 11 is 0. The van der Waals surface area contributed by atoms with Crippen LogP contribution in [0, 0.1) is 6.92 Å². The zero-order valence-electron chi connectivity index (χ0n) is 8.28.